The smallest absolute Gasteiger partial charge is 0.330 e. The molecule has 0 aliphatic carbocycles. The zero-order valence-electron chi connectivity index (χ0n) is 15.3. The summed E-state index contributed by atoms with van der Waals surface area (Å²) in [7, 11) is -4.07. The Morgan fingerprint density at radius 1 is 1.18 bits per heavy atom. The van der Waals surface area contributed by atoms with Crippen molar-refractivity contribution in [2.24, 2.45) is 0 Å². The fourth-order valence-electron chi connectivity index (χ4n) is 2.71. The highest BCUT2D eigenvalue weighted by Gasteiger charge is 2.29. The Balaban J connectivity index is 1.48. The molecule has 0 bridgehead atoms. The fraction of sp³-hybridized carbons (Fsp3) is 0.333. The monoisotopic (exact) mass is 423 g/mol. The molecule has 2 aromatic rings. The van der Waals surface area contributed by atoms with Crippen molar-refractivity contribution < 1.29 is 22.2 Å². The summed E-state index contributed by atoms with van der Waals surface area (Å²) in [6.45, 7) is 1.97. The number of thiophene rings is 1. The van der Waals surface area contributed by atoms with Crippen molar-refractivity contribution in [1.29, 1.82) is 0 Å². The van der Waals surface area contributed by atoms with Gasteiger partial charge in [-0.05, 0) is 24.6 Å². The summed E-state index contributed by atoms with van der Waals surface area (Å²) in [6.07, 6.45) is 0. The number of nitrogens with one attached hydrogen (secondary N) is 1. The van der Waals surface area contributed by atoms with Crippen molar-refractivity contribution in [3.8, 4) is 0 Å². The molecule has 1 saturated heterocycles. The van der Waals surface area contributed by atoms with Crippen LogP contribution in [0.3, 0.4) is 0 Å². The van der Waals surface area contributed by atoms with Crippen molar-refractivity contribution in [2.75, 3.05) is 31.1 Å². The third-order valence-electron chi connectivity index (χ3n) is 4.20. The highest BCUT2D eigenvalue weighted by Crippen LogP contribution is 2.26. The van der Waals surface area contributed by atoms with Crippen LogP contribution in [0.15, 0.2) is 42.5 Å². The molecule has 0 radical (unpaired) electrons. The molecule has 0 saturated carbocycles. The summed E-state index contributed by atoms with van der Waals surface area (Å²) in [6, 6.07) is 12.8. The molecule has 10 heteroatoms. The van der Waals surface area contributed by atoms with Crippen LogP contribution in [-0.4, -0.2) is 51.4 Å². The molecule has 3 rings (SSSR count). The Morgan fingerprint density at radius 2 is 1.93 bits per heavy atom. The van der Waals surface area contributed by atoms with Gasteiger partial charge in [0.25, 0.3) is 5.91 Å². The molecule has 8 nitrogen and oxygen atoms in total. The molecule has 1 aliphatic rings. The Bertz CT molecular complexity index is 943. The molecular weight excluding hydrogens is 402 g/mol. The lowest BCUT2D eigenvalue weighted by Crippen LogP contribution is -2.53. The number of rotatable bonds is 7. The van der Waals surface area contributed by atoms with Gasteiger partial charge in [0.15, 0.2) is 0 Å². The van der Waals surface area contributed by atoms with Crippen LogP contribution in [-0.2, 0) is 30.6 Å². The van der Waals surface area contributed by atoms with E-state index in [1.807, 2.05) is 25.1 Å². The number of carbonyl (C=O) groups excluding carboxylic acids is 2. The maximum Gasteiger partial charge on any atom is 0.336 e. The molecule has 1 aromatic heterocycles. The zero-order chi connectivity index (χ0) is 20.1. The number of piperazine rings is 1. The topological polar surface area (TPSA) is 96.0 Å². The molecular formula is C18H21N3O5S2. The van der Waals surface area contributed by atoms with Crippen molar-refractivity contribution in [1.82, 2.24) is 9.62 Å². The predicted molar refractivity (Wildman–Crippen MR) is 106 cm³/mol. The third-order valence-corrected chi connectivity index (χ3v) is 6.15. The van der Waals surface area contributed by atoms with E-state index in [0.717, 1.165) is 15.4 Å². The number of carbonyl (C=O) groups is 2. The van der Waals surface area contributed by atoms with Crippen molar-refractivity contribution in [3.05, 3.63) is 52.9 Å². The van der Waals surface area contributed by atoms with Crippen LogP contribution < -0.4 is 9.62 Å². The molecule has 0 spiro atoms. The first-order valence-electron chi connectivity index (χ1n) is 8.66. The average molecular weight is 424 g/mol. The molecule has 0 atom stereocenters. The van der Waals surface area contributed by atoms with Crippen LogP contribution in [0.4, 0.5) is 5.00 Å². The first-order chi connectivity index (χ1) is 13.3. The number of aryl methyl sites for hydroxylation is 1. The first-order valence-corrected chi connectivity index (χ1v) is 10.9. The van der Waals surface area contributed by atoms with Gasteiger partial charge in [0.05, 0.1) is 5.00 Å². The van der Waals surface area contributed by atoms with Gasteiger partial charge in [-0.2, -0.15) is 13.1 Å². The van der Waals surface area contributed by atoms with Gasteiger partial charge in [-0.3, -0.25) is 9.59 Å². The van der Waals surface area contributed by atoms with E-state index in [4.69, 9.17) is 4.18 Å². The molecule has 1 N–H and O–H groups in total. The minimum absolute atomic E-state index is 0.0642. The molecule has 1 aliphatic heterocycles. The predicted octanol–water partition coefficient (Wildman–Crippen LogP) is 1.28. The summed E-state index contributed by atoms with van der Waals surface area (Å²) in [5.41, 5.74) is 0.770. The molecule has 0 unspecified atom stereocenters. The van der Waals surface area contributed by atoms with Gasteiger partial charge >= 0.3 is 10.3 Å². The fourth-order valence-corrected chi connectivity index (χ4v) is 4.30. The maximum absolute atomic E-state index is 12.3. The number of hydrogen-bond acceptors (Lipinski definition) is 6. The Hall–Kier alpha value is -2.27. The number of hydrogen-bond donors (Lipinski definition) is 1. The maximum atomic E-state index is 12.3. The van der Waals surface area contributed by atoms with E-state index in [1.54, 1.807) is 29.2 Å². The standard InChI is InChI=1S/C18H21N3O5S2/c1-14-7-8-18(27-14)21-10-9-20(12-16(21)22)17(23)13-26-28(24,25)19-11-15-5-3-2-4-6-15/h2-8,19H,9-13H2,1H3. The summed E-state index contributed by atoms with van der Waals surface area (Å²) >= 11 is 1.51. The minimum Gasteiger partial charge on any atom is -0.330 e. The lowest BCUT2D eigenvalue weighted by atomic mass is 10.2. The molecule has 150 valence electrons. The molecule has 1 fully saturated rings. The van der Waals surface area contributed by atoms with E-state index < -0.39 is 22.8 Å². The number of anilines is 1. The van der Waals surface area contributed by atoms with Crippen molar-refractivity contribution in [2.45, 2.75) is 13.5 Å². The van der Waals surface area contributed by atoms with E-state index in [9.17, 15) is 18.0 Å². The molecule has 28 heavy (non-hydrogen) atoms. The van der Waals surface area contributed by atoms with Crippen LogP contribution in [0.2, 0.25) is 0 Å². The zero-order valence-corrected chi connectivity index (χ0v) is 17.0. The van der Waals surface area contributed by atoms with Crippen LogP contribution in [0.5, 0.6) is 0 Å². The molecule has 2 amide bonds. The summed E-state index contributed by atoms with van der Waals surface area (Å²) in [5, 5.41) is 0.846. The van der Waals surface area contributed by atoms with Crippen molar-refractivity contribution in [3.63, 3.8) is 0 Å². The summed E-state index contributed by atoms with van der Waals surface area (Å²) in [5.74, 6) is -0.744. The molecule has 1 aromatic carbocycles. The SMILES string of the molecule is Cc1ccc(N2CCN(C(=O)COS(=O)(=O)NCc3ccccc3)CC2=O)s1. The van der Waals surface area contributed by atoms with E-state index in [-0.39, 0.29) is 19.0 Å². The van der Waals surface area contributed by atoms with Crippen LogP contribution in [0, 0.1) is 6.92 Å². The van der Waals surface area contributed by atoms with Gasteiger partial charge in [-0.1, -0.05) is 30.3 Å². The summed E-state index contributed by atoms with van der Waals surface area (Å²) < 4.78 is 30.9. The normalized spacial score (nSPS) is 15.1. The second-order valence-electron chi connectivity index (χ2n) is 6.27. The van der Waals surface area contributed by atoms with E-state index >= 15 is 0 Å². The van der Waals surface area contributed by atoms with Crippen LogP contribution >= 0.6 is 11.3 Å². The van der Waals surface area contributed by atoms with Crippen LogP contribution in [0.25, 0.3) is 0 Å². The third kappa shape index (κ3) is 5.38. The van der Waals surface area contributed by atoms with Gasteiger partial charge in [0.1, 0.15) is 13.2 Å². The number of amides is 2. The largest absolute Gasteiger partial charge is 0.336 e. The van der Waals surface area contributed by atoms with E-state index in [0.29, 0.717) is 13.1 Å². The number of benzene rings is 1. The Morgan fingerprint density at radius 3 is 2.57 bits per heavy atom. The number of nitrogens with zero attached hydrogens (tertiary/aromatic N) is 2. The van der Waals surface area contributed by atoms with Gasteiger partial charge in [0, 0.05) is 24.5 Å². The quantitative estimate of drug-likeness (QED) is 0.724. The van der Waals surface area contributed by atoms with Gasteiger partial charge in [0.2, 0.25) is 5.91 Å². The highest BCUT2D eigenvalue weighted by molar-refractivity contribution is 7.84. The van der Waals surface area contributed by atoms with Crippen molar-refractivity contribution >= 4 is 38.5 Å². The second-order valence-corrected chi connectivity index (χ2v) is 8.97. The first kappa shape index (κ1) is 20.5. The highest BCUT2D eigenvalue weighted by atomic mass is 32.2. The minimum atomic E-state index is -4.07. The Labute approximate surface area is 168 Å². The van der Waals surface area contributed by atoms with Gasteiger partial charge in [-0.25, -0.2) is 4.18 Å². The Kier molecular flexibility index (Phi) is 6.45. The lowest BCUT2D eigenvalue weighted by Gasteiger charge is -2.33. The molecule has 2 heterocycles. The van der Waals surface area contributed by atoms with E-state index in [2.05, 4.69) is 4.72 Å². The summed E-state index contributed by atoms with van der Waals surface area (Å²) in [4.78, 5) is 28.6. The van der Waals surface area contributed by atoms with Crippen LogP contribution in [0.1, 0.15) is 10.4 Å². The average Bonchev–Trinajstić information content (AvgIpc) is 3.11. The second kappa shape index (κ2) is 8.82. The van der Waals surface area contributed by atoms with Gasteiger partial charge < -0.3 is 9.80 Å². The van der Waals surface area contributed by atoms with E-state index in [1.165, 1.54) is 16.2 Å². The van der Waals surface area contributed by atoms with Gasteiger partial charge in [-0.15, -0.1) is 11.3 Å². The lowest BCUT2D eigenvalue weighted by molar-refractivity contribution is -0.138.